The van der Waals surface area contributed by atoms with E-state index >= 15 is 0 Å². The summed E-state index contributed by atoms with van der Waals surface area (Å²) in [5.74, 6) is 0.581. The third-order valence-corrected chi connectivity index (χ3v) is 6.59. The molecule has 9 heteroatoms. The number of aromatic nitrogens is 2. The fourth-order valence-electron chi connectivity index (χ4n) is 3.46. The number of nitrogens with zero attached hydrogens (tertiary/aromatic N) is 2. The minimum Gasteiger partial charge on any atom is -0.340 e. The second-order valence-corrected chi connectivity index (χ2v) is 9.02. The molecule has 2 N–H and O–H groups in total. The van der Waals surface area contributed by atoms with E-state index in [1.165, 1.54) is 12.1 Å². The van der Waals surface area contributed by atoms with E-state index in [1.54, 1.807) is 19.1 Å². The molecular weight excluding hydrogens is 368 g/mol. The van der Waals surface area contributed by atoms with Gasteiger partial charge in [-0.1, -0.05) is 24.1 Å². The average molecular weight is 390 g/mol. The van der Waals surface area contributed by atoms with E-state index in [2.05, 4.69) is 20.2 Å². The first-order chi connectivity index (χ1) is 12.9. The highest BCUT2D eigenvalue weighted by molar-refractivity contribution is 7.89. The normalized spacial score (nSPS) is 19.1. The van der Waals surface area contributed by atoms with E-state index in [1.807, 2.05) is 0 Å². The van der Waals surface area contributed by atoms with Crippen LogP contribution in [-0.2, 0) is 15.6 Å². The van der Waals surface area contributed by atoms with Gasteiger partial charge in [-0.3, -0.25) is 4.79 Å². The van der Waals surface area contributed by atoms with Crippen molar-refractivity contribution in [2.75, 3.05) is 0 Å². The number of benzene rings is 1. The van der Waals surface area contributed by atoms with Gasteiger partial charge in [0.1, 0.15) is 5.54 Å². The molecule has 144 valence electrons. The van der Waals surface area contributed by atoms with Crippen molar-refractivity contribution in [1.29, 1.82) is 0 Å². The van der Waals surface area contributed by atoms with Gasteiger partial charge in [-0.25, -0.2) is 13.1 Å². The Hall–Kier alpha value is -2.26. The maximum atomic E-state index is 12.9. The third kappa shape index (κ3) is 3.74. The highest BCUT2D eigenvalue weighted by Crippen LogP contribution is 2.37. The summed E-state index contributed by atoms with van der Waals surface area (Å²) in [6.07, 6.45) is 5.05. The van der Waals surface area contributed by atoms with E-state index in [-0.39, 0.29) is 16.8 Å². The van der Waals surface area contributed by atoms with Crippen LogP contribution < -0.4 is 10.0 Å². The molecular formula is C18H22N4O4S. The topological polar surface area (TPSA) is 114 Å². The van der Waals surface area contributed by atoms with Crippen molar-refractivity contribution in [3.05, 3.63) is 41.5 Å². The van der Waals surface area contributed by atoms with Crippen molar-refractivity contribution in [3.8, 4) is 0 Å². The zero-order chi connectivity index (χ0) is 19.1. The van der Waals surface area contributed by atoms with Gasteiger partial charge in [0.05, 0.1) is 4.90 Å². The molecule has 2 aliphatic rings. The van der Waals surface area contributed by atoms with E-state index < -0.39 is 15.6 Å². The van der Waals surface area contributed by atoms with Crippen molar-refractivity contribution in [2.24, 2.45) is 0 Å². The van der Waals surface area contributed by atoms with Gasteiger partial charge in [-0.2, -0.15) is 4.98 Å². The Kier molecular flexibility index (Phi) is 4.51. The number of nitrogens with one attached hydrogen (secondary N) is 2. The molecule has 1 amide bonds. The molecule has 0 radical (unpaired) electrons. The van der Waals surface area contributed by atoms with E-state index in [0.29, 0.717) is 17.3 Å². The van der Waals surface area contributed by atoms with Crippen molar-refractivity contribution in [2.45, 2.75) is 61.9 Å². The second-order valence-electron chi connectivity index (χ2n) is 7.30. The van der Waals surface area contributed by atoms with Crippen LogP contribution in [0.3, 0.4) is 0 Å². The Labute approximate surface area is 157 Å². The van der Waals surface area contributed by atoms with E-state index in [4.69, 9.17) is 4.52 Å². The lowest BCUT2D eigenvalue weighted by Crippen LogP contribution is -2.44. The molecule has 27 heavy (non-hydrogen) atoms. The van der Waals surface area contributed by atoms with Gasteiger partial charge in [0, 0.05) is 18.5 Å². The smallest absolute Gasteiger partial charge is 0.252 e. The summed E-state index contributed by atoms with van der Waals surface area (Å²) in [7, 11) is -3.61. The molecule has 2 saturated carbocycles. The maximum Gasteiger partial charge on any atom is 0.252 e. The van der Waals surface area contributed by atoms with Crippen molar-refractivity contribution >= 4 is 15.9 Å². The summed E-state index contributed by atoms with van der Waals surface area (Å²) in [5, 5.41) is 7.04. The molecule has 1 heterocycles. The minimum absolute atomic E-state index is 0.00993. The van der Waals surface area contributed by atoms with Gasteiger partial charge < -0.3 is 9.84 Å². The Morgan fingerprint density at radius 3 is 2.63 bits per heavy atom. The van der Waals surface area contributed by atoms with Crippen LogP contribution >= 0.6 is 0 Å². The monoisotopic (exact) mass is 390 g/mol. The Morgan fingerprint density at radius 2 is 2.00 bits per heavy atom. The first kappa shape index (κ1) is 18.1. The number of sulfonamides is 1. The molecule has 0 atom stereocenters. The molecule has 8 nitrogen and oxygen atoms in total. The molecule has 2 aliphatic carbocycles. The molecule has 2 fully saturated rings. The van der Waals surface area contributed by atoms with Gasteiger partial charge in [-0.15, -0.1) is 0 Å². The molecule has 2 aromatic rings. The standard InChI is InChI=1S/C18H22N4O4S/c1-12-19-17(21-26-12)18(9-2-3-10-18)20-16(23)13-5-4-6-15(11-13)27(24,25)22-14-7-8-14/h4-6,11,14,22H,2-3,7-10H2,1H3,(H,20,23). The number of carbonyl (C=O) groups excluding carboxylic acids is 1. The SMILES string of the molecule is Cc1nc(C2(NC(=O)c3cccc(S(=O)(=O)NC4CC4)c3)CCCC2)no1. The predicted octanol–water partition coefficient (Wildman–Crippen LogP) is 2.02. The highest BCUT2D eigenvalue weighted by atomic mass is 32.2. The summed E-state index contributed by atoms with van der Waals surface area (Å²) >= 11 is 0. The number of amides is 1. The van der Waals surface area contributed by atoms with Gasteiger partial charge in [0.2, 0.25) is 15.9 Å². The summed E-state index contributed by atoms with van der Waals surface area (Å²) in [4.78, 5) is 17.3. The molecule has 0 spiro atoms. The average Bonchev–Trinajstić information content (AvgIpc) is 3.13. The maximum absolute atomic E-state index is 12.9. The van der Waals surface area contributed by atoms with Crippen molar-refractivity contribution in [1.82, 2.24) is 20.2 Å². The van der Waals surface area contributed by atoms with Gasteiger partial charge in [0.25, 0.3) is 5.91 Å². The van der Waals surface area contributed by atoms with Crippen LogP contribution in [-0.4, -0.2) is 30.5 Å². The molecule has 4 rings (SSSR count). The lowest BCUT2D eigenvalue weighted by Gasteiger charge is -2.26. The molecule has 0 bridgehead atoms. The zero-order valence-corrected chi connectivity index (χ0v) is 15.9. The van der Waals surface area contributed by atoms with Gasteiger partial charge in [0.15, 0.2) is 5.82 Å². The first-order valence-electron chi connectivity index (χ1n) is 9.14. The number of hydrogen-bond acceptors (Lipinski definition) is 6. The van der Waals surface area contributed by atoms with Crippen LogP contribution in [0.25, 0.3) is 0 Å². The number of aryl methyl sites for hydroxylation is 1. The molecule has 0 aliphatic heterocycles. The lowest BCUT2D eigenvalue weighted by atomic mass is 9.96. The quantitative estimate of drug-likeness (QED) is 0.780. The van der Waals surface area contributed by atoms with Crippen LogP contribution in [0, 0.1) is 6.92 Å². The van der Waals surface area contributed by atoms with Crippen LogP contribution in [0.5, 0.6) is 0 Å². The second kappa shape index (κ2) is 6.72. The van der Waals surface area contributed by atoms with Crippen LogP contribution in [0.4, 0.5) is 0 Å². The summed E-state index contributed by atoms with van der Waals surface area (Å²) in [6.45, 7) is 1.71. The molecule has 0 saturated heterocycles. The predicted molar refractivity (Wildman–Crippen MR) is 96.4 cm³/mol. The Bertz CT molecular complexity index is 959. The highest BCUT2D eigenvalue weighted by Gasteiger charge is 2.41. The summed E-state index contributed by atoms with van der Waals surface area (Å²) < 4.78 is 32.6. The number of carbonyl (C=O) groups is 1. The summed E-state index contributed by atoms with van der Waals surface area (Å²) in [6, 6.07) is 6.10. The molecule has 1 aromatic heterocycles. The van der Waals surface area contributed by atoms with Crippen molar-refractivity contribution < 1.29 is 17.7 Å². The Morgan fingerprint density at radius 1 is 1.26 bits per heavy atom. The molecule has 1 aromatic carbocycles. The number of hydrogen-bond donors (Lipinski definition) is 2. The lowest BCUT2D eigenvalue weighted by molar-refractivity contribution is 0.0891. The fourth-order valence-corrected chi connectivity index (χ4v) is 4.81. The first-order valence-corrected chi connectivity index (χ1v) is 10.6. The number of rotatable bonds is 6. The van der Waals surface area contributed by atoms with Crippen molar-refractivity contribution in [3.63, 3.8) is 0 Å². The van der Waals surface area contributed by atoms with Gasteiger partial charge in [-0.05, 0) is 43.9 Å². The van der Waals surface area contributed by atoms with Gasteiger partial charge >= 0.3 is 0 Å². The largest absolute Gasteiger partial charge is 0.340 e. The van der Waals surface area contributed by atoms with Crippen LogP contribution in [0.2, 0.25) is 0 Å². The summed E-state index contributed by atoms with van der Waals surface area (Å²) in [5.41, 5.74) is -0.379. The fraction of sp³-hybridized carbons (Fsp3) is 0.500. The van der Waals surface area contributed by atoms with Crippen LogP contribution in [0.1, 0.15) is 60.6 Å². The Balaban J connectivity index is 1.58. The van der Waals surface area contributed by atoms with E-state index in [9.17, 15) is 13.2 Å². The van der Waals surface area contributed by atoms with E-state index in [0.717, 1.165) is 38.5 Å². The molecule has 0 unspecified atom stereocenters. The van der Waals surface area contributed by atoms with Crippen LogP contribution in [0.15, 0.2) is 33.7 Å². The minimum atomic E-state index is -3.61. The zero-order valence-electron chi connectivity index (χ0n) is 15.1. The third-order valence-electron chi connectivity index (χ3n) is 5.07.